The Kier molecular flexibility index (Phi) is 8.20. The molecule has 176 valence electrons. The van der Waals surface area contributed by atoms with Crippen molar-refractivity contribution in [1.29, 1.82) is 0 Å². The molecule has 0 saturated carbocycles. The van der Waals surface area contributed by atoms with Gasteiger partial charge in [-0.25, -0.2) is 4.39 Å². The maximum absolute atomic E-state index is 13.5. The van der Waals surface area contributed by atoms with Crippen molar-refractivity contribution in [3.05, 3.63) is 71.0 Å². The fourth-order valence-electron chi connectivity index (χ4n) is 4.06. The van der Waals surface area contributed by atoms with Crippen LogP contribution in [0.1, 0.15) is 43.9 Å². The van der Waals surface area contributed by atoms with E-state index in [1.165, 1.54) is 17.0 Å². The minimum absolute atomic E-state index is 0.0466. The molecule has 0 aliphatic carbocycles. The van der Waals surface area contributed by atoms with Crippen LogP contribution in [0, 0.1) is 11.7 Å². The van der Waals surface area contributed by atoms with E-state index >= 15 is 0 Å². The van der Waals surface area contributed by atoms with Crippen LogP contribution in [0.15, 0.2) is 48.5 Å². The van der Waals surface area contributed by atoms with Crippen LogP contribution in [0.4, 0.5) is 4.39 Å². The summed E-state index contributed by atoms with van der Waals surface area (Å²) in [6.45, 7) is 6.69. The van der Waals surface area contributed by atoms with Gasteiger partial charge in [0.25, 0.3) is 0 Å². The van der Waals surface area contributed by atoms with E-state index in [0.29, 0.717) is 25.9 Å². The molecule has 2 aromatic carbocycles. The van der Waals surface area contributed by atoms with Crippen LogP contribution in [0.3, 0.4) is 0 Å². The summed E-state index contributed by atoms with van der Waals surface area (Å²) >= 11 is 0. The minimum atomic E-state index is -0.629. The Hall–Kier alpha value is -3.22. The Morgan fingerprint density at radius 1 is 1.09 bits per heavy atom. The lowest BCUT2D eigenvalue weighted by Gasteiger charge is -2.38. The second-order valence-electron chi connectivity index (χ2n) is 8.86. The summed E-state index contributed by atoms with van der Waals surface area (Å²) in [4.78, 5) is 42.2. The summed E-state index contributed by atoms with van der Waals surface area (Å²) in [6, 6.07) is 13.1. The largest absolute Gasteiger partial charge is 0.350 e. The topological polar surface area (TPSA) is 69.7 Å². The SMILES string of the molecule is CCN(CC(=O)NCc1ccc(F)cc1)C(=O)C1Cc2ccccc2CN1C(=O)CC(C)C. The van der Waals surface area contributed by atoms with E-state index in [2.05, 4.69) is 5.32 Å². The van der Waals surface area contributed by atoms with E-state index in [1.54, 1.807) is 17.0 Å². The second-order valence-corrected chi connectivity index (χ2v) is 8.86. The third-order valence-electron chi connectivity index (χ3n) is 5.87. The molecule has 1 atom stereocenters. The molecule has 1 unspecified atom stereocenters. The van der Waals surface area contributed by atoms with Gasteiger partial charge in [0.2, 0.25) is 17.7 Å². The van der Waals surface area contributed by atoms with Crippen molar-refractivity contribution in [3.63, 3.8) is 0 Å². The van der Waals surface area contributed by atoms with E-state index in [9.17, 15) is 18.8 Å². The van der Waals surface area contributed by atoms with Gasteiger partial charge in [0.15, 0.2) is 0 Å². The molecule has 3 rings (SSSR count). The molecule has 0 radical (unpaired) electrons. The minimum Gasteiger partial charge on any atom is -0.350 e. The highest BCUT2D eigenvalue weighted by Gasteiger charge is 2.36. The molecule has 1 heterocycles. The number of carbonyl (C=O) groups excluding carboxylic acids is 3. The van der Waals surface area contributed by atoms with Crippen LogP contribution in [-0.4, -0.2) is 46.7 Å². The standard InChI is InChI=1S/C26H32FN3O3/c1-4-29(17-24(31)28-15-19-9-11-22(27)12-10-19)26(33)23-14-20-7-5-6-8-21(20)16-30(23)25(32)13-18(2)3/h5-12,18,23H,4,13-17H2,1-3H3,(H,28,31). The number of benzene rings is 2. The normalized spacial score (nSPS) is 15.2. The van der Waals surface area contributed by atoms with Crippen LogP contribution < -0.4 is 5.32 Å². The van der Waals surface area contributed by atoms with Gasteiger partial charge in [-0.1, -0.05) is 50.2 Å². The van der Waals surface area contributed by atoms with Crippen LogP contribution in [-0.2, 0) is 33.9 Å². The molecule has 1 N–H and O–H groups in total. The predicted octanol–water partition coefficient (Wildman–Crippen LogP) is 3.29. The lowest BCUT2D eigenvalue weighted by Crippen LogP contribution is -2.55. The van der Waals surface area contributed by atoms with E-state index in [0.717, 1.165) is 16.7 Å². The molecular formula is C26H32FN3O3. The fraction of sp³-hybridized carbons (Fsp3) is 0.423. The van der Waals surface area contributed by atoms with Gasteiger partial charge in [0.1, 0.15) is 11.9 Å². The molecule has 0 bridgehead atoms. The van der Waals surface area contributed by atoms with Gasteiger partial charge in [0, 0.05) is 32.5 Å². The van der Waals surface area contributed by atoms with Gasteiger partial charge in [-0.15, -0.1) is 0 Å². The van der Waals surface area contributed by atoms with Crippen molar-refractivity contribution in [2.75, 3.05) is 13.1 Å². The number of hydrogen-bond donors (Lipinski definition) is 1. The summed E-state index contributed by atoms with van der Waals surface area (Å²) in [7, 11) is 0. The zero-order valence-electron chi connectivity index (χ0n) is 19.5. The number of halogens is 1. The number of carbonyl (C=O) groups is 3. The first-order valence-electron chi connectivity index (χ1n) is 11.4. The molecule has 7 heteroatoms. The lowest BCUT2D eigenvalue weighted by molar-refractivity contribution is -0.148. The molecule has 3 amide bonds. The molecule has 0 spiro atoms. The number of rotatable bonds is 8. The van der Waals surface area contributed by atoms with Crippen molar-refractivity contribution < 1.29 is 18.8 Å². The van der Waals surface area contributed by atoms with Gasteiger partial charge >= 0.3 is 0 Å². The molecule has 1 aliphatic heterocycles. The van der Waals surface area contributed by atoms with Gasteiger partial charge in [0.05, 0.1) is 6.54 Å². The molecule has 1 aliphatic rings. The number of nitrogens with one attached hydrogen (secondary N) is 1. The highest BCUT2D eigenvalue weighted by molar-refractivity contribution is 5.91. The Morgan fingerprint density at radius 2 is 1.76 bits per heavy atom. The zero-order valence-corrected chi connectivity index (χ0v) is 19.5. The second kappa shape index (κ2) is 11.1. The monoisotopic (exact) mass is 453 g/mol. The van der Waals surface area contributed by atoms with E-state index in [-0.39, 0.29) is 42.5 Å². The maximum Gasteiger partial charge on any atom is 0.246 e. The molecule has 2 aromatic rings. The highest BCUT2D eigenvalue weighted by Crippen LogP contribution is 2.26. The van der Waals surface area contributed by atoms with Gasteiger partial charge < -0.3 is 15.1 Å². The van der Waals surface area contributed by atoms with Crippen LogP contribution in [0.2, 0.25) is 0 Å². The smallest absolute Gasteiger partial charge is 0.246 e. The number of likely N-dealkylation sites (N-methyl/N-ethyl adjacent to an activating group) is 1. The first kappa shape index (κ1) is 24.4. The van der Waals surface area contributed by atoms with Crippen molar-refractivity contribution in [2.24, 2.45) is 5.92 Å². The van der Waals surface area contributed by atoms with Gasteiger partial charge in [-0.2, -0.15) is 0 Å². The van der Waals surface area contributed by atoms with Crippen LogP contribution in [0.25, 0.3) is 0 Å². The lowest BCUT2D eigenvalue weighted by atomic mass is 9.92. The summed E-state index contributed by atoms with van der Waals surface area (Å²) in [5.41, 5.74) is 2.88. The number of nitrogens with zero attached hydrogens (tertiary/aromatic N) is 2. The van der Waals surface area contributed by atoms with Crippen molar-refractivity contribution in [2.45, 2.75) is 52.7 Å². The summed E-state index contributed by atoms with van der Waals surface area (Å²) in [5, 5.41) is 2.78. The maximum atomic E-state index is 13.5. The highest BCUT2D eigenvalue weighted by atomic mass is 19.1. The van der Waals surface area contributed by atoms with Gasteiger partial charge in [-0.05, 0) is 41.7 Å². The summed E-state index contributed by atoms with van der Waals surface area (Å²) in [6.07, 6.45) is 0.808. The third kappa shape index (κ3) is 6.40. The average Bonchev–Trinajstić information content (AvgIpc) is 2.80. The number of fused-ring (bicyclic) bond motifs is 1. The first-order chi connectivity index (χ1) is 15.8. The van der Waals surface area contributed by atoms with Crippen LogP contribution in [0.5, 0.6) is 0 Å². The number of hydrogen-bond acceptors (Lipinski definition) is 3. The fourth-order valence-corrected chi connectivity index (χ4v) is 4.06. The zero-order chi connectivity index (χ0) is 24.0. The quantitative estimate of drug-likeness (QED) is 0.667. The molecule has 0 fully saturated rings. The first-order valence-corrected chi connectivity index (χ1v) is 11.4. The van der Waals surface area contributed by atoms with Crippen molar-refractivity contribution in [3.8, 4) is 0 Å². The number of amides is 3. The Bertz CT molecular complexity index is 991. The summed E-state index contributed by atoms with van der Waals surface area (Å²) in [5.74, 6) is -0.718. The van der Waals surface area contributed by atoms with Crippen molar-refractivity contribution in [1.82, 2.24) is 15.1 Å². The molecule has 6 nitrogen and oxygen atoms in total. The molecular weight excluding hydrogens is 421 g/mol. The molecule has 0 saturated heterocycles. The van der Waals surface area contributed by atoms with E-state index in [1.807, 2.05) is 45.0 Å². The Morgan fingerprint density at radius 3 is 2.39 bits per heavy atom. The predicted molar refractivity (Wildman–Crippen MR) is 124 cm³/mol. The molecule has 33 heavy (non-hydrogen) atoms. The van der Waals surface area contributed by atoms with E-state index in [4.69, 9.17) is 0 Å². The van der Waals surface area contributed by atoms with Gasteiger partial charge in [-0.3, -0.25) is 14.4 Å². The van der Waals surface area contributed by atoms with Crippen LogP contribution >= 0.6 is 0 Å². The third-order valence-corrected chi connectivity index (χ3v) is 5.87. The van der Waals surface area contributed by atoms with Crippen molar-refractivity contribution >= 4 is 17.7 Å². The Labute approximate surface area is 194 Å². The molecule has 0 aromatic heterocycles. The average molecular weight is 454 g/mol. The Balaban J connectivity index is 1.70. The summed E-state index contributed by atoms with van der Waals surface area (Å²) < 4.78 is 13.1. The van der Waals surface area contributed by atoms with E-state index < -0.39 is 6.04 Å².